The molecule has 0 spiro atoms. The van der Waals surface area contributed by atoms with Gasteiger partial charge in [-0.05, 0) is 59.7 Å². The molecule has 39 heavy (non-hydrogen) atoms. The van der Waals surface area contributed by atoms with E-state index in [9.17, 15) is 12.8 Å². The van der Waals surface area contributed by atoms with E-state index in [1.165, 1.54) is 23.5 Å². The summed E-state index contributed by atoms with van der Waals surface area (Å²) < 4.78 is 43.6. The highest BCUT2D eigenvalue weighted by Gasteiger charge is 2.19. The summed E-state index contributed by atoms with van der Waals surface area (Å²) in [6.45, 7) is 0.726. The minimum atomic E-state index is -3.62. The molecule has 196 valence electrons. The molecule has 11 heteroatoms. The van der Waals surface area contributed by atoms with Crippen molar-refractivity contribution >= 4 is 43.0 Å². The minimum Gasteiger partial charge on any atom is -0.354 e. The predicted octanol–water partition coefficient (Wildman–Crippen LogP) is 5.59. The molecule has 0 bridgehead atoms. The molecule has 0 atom stereocenters. The van der Waals surface area contributed by atoms with Crippen LogP contribution >= 0.6 is 11.3 Å². The van der Waals surface area contributed by atoms with Gasteiger partial charge in [0.05, 0.1) is 16.3 Å². The summed E-state index contributed by atoms with van der Waals surface area (Å²) >= 11 is 1.50. The van der Waals surface area contributed by atoms with Crippen LogP contribution in [0.2, 0.25) is 0 Å². The van der Waals surface area contributed by atoms with Gasteiger partial charge in [-0.1, -0.05) is 30.3 Å². The molecule has 3 aromatic heterocycles. The third kappa shape index (κ3) is 5.24. The first-order valence-corrected chi connectivity index (χ1v) is 14.6. The van der Waals surface area contributed by atoms with Crippen LogP contribution in [0.1, 0.15) is 6.42 Å². The van der Waals surface area contributed by atoms with Crippen LogP contribution in [0, 0.1) is 5.82 Å². The normalized spacial score (nSPS) is 11.8. The Morgan fingerprint density at radius 1 is 0.923 bits per heavy atom. The smallest absolute Gasteiger partial charge is 0.240 e. The number of benzene rings is 3. The molecule has 0 aliphatic heterocycles. The second-order valence-corrected chi connectivity index (χ2v) is 11.5. The molecule has 0 saturated heterocycles. The number of halogens is 1. The van der Waals surface area contributed by atoms with Crippen molar-refractivity contribution in [2.45, 2.75) is 11.3 Å². The molecule has 8 nitrogen and oxygen atoms in total. The maximum atomic E-state index is 13.5. The lowest BCUT2D eigenvalue weighted by atomic mass is 10.1. The SMILES string of the molecule is O=S(=O)(NCCCNc1nccc(-c2c(-c3ccc(F)cc3)nc3sccn23)n1)c1ccc2ccccc2c1. The van der Waals surface area contributed by atoms with Gasteiger partial charge in [0.25, 0.3) is 0 Å². The standard InChI is InChI=1S/C28H23FN6O2S2/c29-22-9-6-20(7-10-22)25-26(35-16-17-38-28(35)34-25)24-12-15-31-27(33-24)30-13-3-14-32-39(36,37)23-11-8-19-4-1-2-5-21(19)18-23/h1-2,4-12,15-18,32H,3,13-14H2,(H,30,31,33). The van der Waals surface area contributed by atoms with E-state index in [-0.39, 0.29) is 17.3 Å². The van der Waals surface area contributed by atoms with E-state index in [2.05, 4.69) is 20.0 Å². The number of fused-ring (bicyclic) bond motifs is 2. The Kier molecular flexibility index (Phi) is 6.77. The van der Waals surface area contributed by atoms with Gasteiger partial charge in [0.1, 0.15) is 11.5 Å². The van der Waals surface area contributed by atoms with Crippen LogP contribution in [0.3, 0.4) is 0 Å². The number of aromatic nitrogens is 4. The number of nitrogens with zero attached hydrogens (tertiary/aromatic N) is 4. The van der Waals surface area contributed by atoms with Crippen molar-refractivity contribution in [2.75, 3.05) is 18.4 Å². The molecule has 3 aromatic carbocycles. The Hall–Kier alpha value is -4.19. The molecule has 6 rings (SSSR count). The summed E-state index contributed by atoms with van der Waals surface area (Å²) in [5.74, 6) is 0.106. The monoisotopic (exact) mass is 558 g/mol. The van der Waals surface area contributed by atoms with Gasteiger partial charge in [-0.2, -0.15) is 0 Å². The van der Waals surface area contributed by atoms with Gasteiger partial charge in [-0.15, -0.1) is 11.3 Å². The molecule has 3 heterocycles. The van der Waals surface area contributed by atoms with Crippen LogP contribution in [0.15, 0.2) is 95.5 Å². The quantitative estimate of drug-likeness (QED) is 0.224. The highest BCUT2D eigenvalue weighted by molar-refractivity contribution is 7.89. The number of nitrogens with one attached hydrogen (secondary N) is 2. The molecular weight excluding hydrogens is 535 g/mol. The fraction of sp³-hybridized carbons (Fsp3) is 0.107. The van der Waals surface area contributed by atoms with Crippen LogP contribution in [0.25, 0.3) is 38.4 Å². The maximum absolute atomic E-state index is 13.5. The van der Waals surface area contributed by atoms with Crippen LogP contribution in [0.5, 0.6) is 0 Å². The van der Waals surface area contributed by atoms with Crippen molar-refractivity contribution in [1.29, 1.82) is 0 Å². The summed E-state index contributed by atoms with van der Waals surface area (Å²) in [5, 5.41) is 6.98. The highest BCUT2D eigenvalue weighted by Crippen LogP contribution is 2.33. The molecule has 0 aliphatic rings. The zero-order valence-electron chi connectivity index (χ0n) is 20.6. The average Bonchev–Trinajstić information content (AvgIpc) is 3.55. The molecule has 0 radical (unpaired) electrons. The van der Waals surface area contributed by atoms with Crippen molar-refractivity contribution in [2.24, 2.45) is 0 Å². The number of hydrogen-bond acceptors (Lipinski definition) is 7. The summed E-state index contributed by atoms with van der Waals surface area (Å²) in [7, 11) is -3.62. The Morgan fingerprint density at radius 2 is 1.74 bits per heavy atom. The Bertz CT molecular complexity index is 1880. The first kappa shape index (κ1) is 25.1. The van der Waals surface area contributed by atoms with Crippen LogP contribution in [-0.4, -0.2) is 40.9 Å². The van der Waals surface area contributed by atoms with Crippen LogP contribution in [-0.2, 0) is 10.0 Å². The number of rotatable bonds is 9. The molecule has 0 amide bonds. The van der Waals surface area contributed by atoms with Crippen molar-refractivity contribution in [3.63, 3.8) is 0 Å². The van der Waals surface area contributed by atoms with E-state index in [1.54, 1.807) is 36.5 Å². The largest absolute Gasteiger partial charge is 0.354 e. The lowest BCUT2D eigenvalue weighted by Gasteiger charge is -2.09. The second kappa shape index (κ2) is 10.5. The molecule has 2 N–H and O–H groups in total. The van der Waals surface area contributed by atoms with Crippen molar-refractivity contribution in [3.05, 3.63) is 96.4 Å². The van der Waals surface area contributed by atoms with Crippen LogP contribution < -0.4 is 10.0 Å². The van der Waals surface area contributed by atoms with Gasteiger partial charge < -0.3 is 5.32 Å². The number of anilines is 1. The minimum absolute atomic E-state index is 0.239. The summed E-state index contributed by atoms with van der Waals surface area (Å²) in [6.07, 6.45) is 4.11. The zero-order chi connectivity index (χ0) is 26.8. The predicted molar refractivity (Wildman–Crippen MR) is 152 cm³/mol. The van der Waals surface area contributed by atoms with Gasteiger partial charge in [0, 0.05) is 36.4 Å². The zero-order valence-corrected chi connectivity index (χ0v) is 22.2. The van der Waals surface area contributed by atoms with Crippen molar-refractivity contribution < 1.29 is 12.8 Å². The third-order valence-corrected chi connectivity index (χ3v) is 8.45. The summed E-state index contributed by atoms with van der Waals surface area (Å²) in [5.41, 5.74) is 2.94. The van der Waals surface area contributed by atoms with Gasteiger partial charge in [-0.3, -0.25) is 4.40 Å². The van der Waals surface area contributed by atoms with Gasteiger partial charge in [-0.25, -0.2) is 32.5 Å². The summed E-state index contributed by atoms with van der Waals surface area (Å²) in [4.78, 5) is 14.8. The van der Waals surface area contributed by atoms with Crippen LogP contribution in [0.4, 0.5) is 10.3 Å². The number of thiazole rings is 1. The van der Waals surface area contributed by atoms with Gasteiger partial charge >= 0.3 is 0 Å². The molecule has 0 aliphatic carbocycles. The highest BCUT2D eigenvalue weighted by atomic mass is 32.2. The van der Waals surface area contributed by atoms with Gasteiger partial charge in [0.2, 0.25) is 16.0 Å². The van der Waals surface area contributed by atoms with E-state index in [0.29, 0.717) is 30.3 Å². The Labute approximate surface area is 228 Å². The fourth-order valence-corrected chi connectivity index (χ4v) is 6.15. The van der Waals surface area contributed by atoms with Crippen molar-refractivity contribution in [1.82, 2.24) is 24.1 Å². The molecular formula is C28H23FN6O2S2. The van der Waals surface area contributed by atoms with E-state index in [0.717, 1.165) is 27.0 Å². The van der Waals surface area contributed by atoms with Crippen molar-refractivity contribution in [3.8, 4) is 22.6 Å². The first-order valence-electron chi connectivity index (χ1n) is 12.3. The molecule has 6 aromatic rings. The lowest BCUT2D eigenvalue weighted by molar-refractivity contribution is 0.580. The second-order valence-electron chi connectivity index (χ2n) is 8.82. The maximum Gasteiger partial charge on any atom is 0.240 e. The van der Waals surface area contributed by atoms with E-state index in [4.69, 9.17) is 4.98 Å². The Morgan fingerprint density at radius 3 is 2.59 bits per heavy atom. The number of sulfonamides is 1. The van der Waals surface area contributed by atoms with Gasteiger partial charge in [0.15, 0.2) is 4.96 Å². The topological polar surface area (TPSA) is 101 Å². The average molecular weight is 559 g/mol. The number of hydrogen-bond donors (Lipinski definition) is 2. The first-order chi connectivity index (χ1) is 19.0. The van der Waals surface area contributed by atoms with E-state index < -0.39 is 10.0 Å². The third-order valence-electron chi connectivity index (χ3n) is 6.24. The summed E-state index contributed by atoms with van der Waals surface area (Å²) in [6, 6.07) is 20.8. The molecule has 0 unspecified atom stereocenters. The fourth-order valence-electron chi connectivity index (χ4n) is 4.33. The lowest BCUT2D eigenvalue weighted by Crippen LogP contribution is -2.26. The van der Waals surface area contributed by atoms with E-state index in [1.807, 2.05) is 46.3 Å². The molecule has 0 saturated carbocycles. The Balaban J connectivity index is 1.13. The van der Waals surface area contributed by atoms with E-state index >= 15 is 0 Å². The number of imidazole rings is 1. The molecule has 0 fully saturated rings.